The molecule has 144 valence electrons. The van der Waals surface area contributed by atoms with Gasteiger partial charge < -0.3 is 10.6 Å². The van der Waals surface area contributed by atoms with Gasteiger partial charge in [0.25, 0.3) is 5.69 Å². The highest BCUT2D eigenvalue weighted by atomic mass is 32.1. The zero-order valence-corrected chi connectivity index (χ0v) is 15.7. The molecule has 0 bridgehead atoms. The van der Waals surface area contributed by atoms with E-state index in [1.54, 1.807) is 30.1 Å². The van der Waals surface area contributed by atoms with Crippen molar-refractivity contribution in [2.24, 2.45) is 0 Å². The zero-order valence-electron chi connectivity index (χ0n) is 14.9. The van der Waals surface area contributed by atoms with E-state index in [2.05, 4.69) is 15.7 Å². The average molecular weight is 399 g/mol. The maximum absolute atomic E-state index is 12.2. The highest BCUT2D eigenvalue weighted by Crippen LogP contribution is 2.23. The Balaban J connectivity index is 1.66. The van der Waals surface area contributed by atoms with E-state index in [0.29, 0.717) is 5.56 Å². The minimum absolute atomic E-state index is 0.169. The first-order valence-electron chi connectivity index (χ1n) is 8.32. The lowest BCUT2D eigenvalue weighted by molar-refractivity contribution is -0.384. The van der Waals surface area contributed by atoms with Gasteiger partial charge in [-0.3, -0.25) is 24.4 Å². The number of aryl methyl sites for hydroxylation is 1. The van der Waals surface area contributed by atoms with Crippen LogP contribution in [0.15, 0.2) is 54.2 Å². The number of benzene rings is 1. The molecule has 3 rings (SSSR count). The van der Waals surface area contributed by atoms with Crippen LogP contribution in [0.1, 0.15) is 16.5 Å². The Labute approximate surface area is 164 Å². The number of nitrogens with one attached hydrogen (secondary N) is 2. The standard InChI is InChI=1S/C18H17N5O4S/c1-12-5-6-13(23(26)27)10-14(12)21-18(25)17(24)19-11-15(16-4-2-9-28-16)22-8-3-7-20-22/h2-10,15H,11H2,1H3,(H,19,24)(H,21,25). The van der Waals surface area contributed by atoms with E-state index in [9.17, 15) is 19.7 Å². The number of amides is 2. The van der Waals surface area contributed by atoms with Gasteiger partial charge in [0, 0.05) is 35.9 Å². The van der Waals surface area contributed by atoms with Crippen LogP contribution >= 0.6 is 11.3 Å². The summed E-state index contributed by atoms with van der Waals surface area (Å²) in [4.78, 5) is 35.8. The van der Waals surface area contributed by atoms with Gasteiger partial charge in [0.05, 0.1) is 10.6 Å². The van der Waals surface area contributed by atoms with Crippen LogP contribution in [0, 0.1) is 17.0 Å². The van der Waals surface area contributed by atoms with Gasteiger partial charge in [0.15, 0.2) is 0 Å². The van der Waals surface area contributed by atoms with Crippen molar-refractivity contribution in [2.75, 3.05) is 11.9 Å². The molecule has 0 spiro atoms. The normalized spacial score (nSPS) is 11.6. The lowest BCUT2D eigenvalue weighted by atomic mass is 10.2. The number of anilines is 1. The molecule has 9 nitrogen and oxygen atoms in total. The molecule has 0 aliphatic rings. The number of carbonyl (C=O) groups excluding carboxylic acids is 2. The largest absolute Gasteiger partial charge is 0.345 e. The summed E-state index contributed by atoms with van der Waals surface area (Å²) in [6.45, 7) is 1.85. The number of hydrogen-bond acceptors (Lipinski definition) is 6. The number of carbonyl (C=O) groups is 2. The number of thiophene rings is 1. The molecule has 0 saturated heterocycles. The quantitative estimate of drug-likeness (QED) is 0.375. The highest BCUT2D eigenvalue weighted by molar-refractivity contribution is 7.10. The monoisotopic (exact) mass is 399 g/mol. The predicted molar refractivity (Wildman–Crippen MR) is 104 cm³/mol. The van der Waals surface area contributed by atoms with Gasteiger partial charge in [-0.2, -0.15) is 5.10 Å². The molecule has 28 heavy (non-hydrogen) atoms. The summed E-state index contributed by atoms with van der Waals surface area (Å²) in [5, 5.41) is 22.0. The summed E-state index contributed by atoms with van der Waals surface area (Å²) in [5.41, 5.74) is 0.661. The number of nitro groups is 1. The summed E-state index contributed by atoms with van der Waals surface area (Å²) in [5.74, 6) is -1.73. The predicted octanol–water partition coefficient (Wildman–Crippen LogP) is 2.51. The molecule has 0 radical (unpaired) electrons. The molecule has 0 saturated carbocycles. The molecule has 3 aromatic rings. The zero-order chi connectivity index (χ0) is 20.1. The first kappa shape index (κ1) is 19.2. The summed E-state index contributed by atoms with van der Waals surface area (Å²) in [6, 6.07) is 9.42. The van der Waals surface area contributed by atoms with Gasteiger partial charge >= 0.3 is 11.8 Å². The van der Waals surface area contributed by atoms with Crippen LogP contribution in [0.5, 0.6) is 0 Å². The van der Waals surface area contributed by atoms with Crippen LogP contribution in [-0.4, -0.2) is 33.1 Å². The van der Waals surface area contributed by atoms with Crippen LogP contribution in [0.2, 0.25) is 0 Å². The summed E-state index contributed by atoms with van der Waals surface area (Å²) >= 11 is 1.52. The maximum atomic E-state index is 12.2. The SMILES string of the molecule is Cc1ccc([N+](=O)[O-])cc1NC(=O)C(=O)NCC(c1cccs1)n1cccn1. The topological polar surface area (TPSA) is 119 Å². The van der Waals surface area contributed by atoms with E-state index in [1.807, 2.05) is 17.5 Å². The molecule has 0 aliphatic carbocycles. The third kappa shape index (κ3) is 4.41. The second kappa shape index (κ2) is 8.44. The number of nitrogens with zero attached hydrogens (tertiary/aromatic N) is 3. The highest BCUT2D eigenvalue weighted by Gasteiger charge is 2.20. The Morgan fingerprint density at radius 2 is 2.11 bits per heavy atom. The number of non-ortho nitro benzene ring substituents is 1. The molecular weight excluding hydrogens is 382 g/mol. The summed E-state index contributed by atoms with van der Waals surface area (Å²) in [6.07, 6.45) is 3.42. The van der Waals surface area contributed by atoms with E-state index in [0.717, 1.165) is 4.88 Å². The van der Waals surface area contributed by atoms with Crippen LogP contribution in [0.4, 0.5) is 11.4 Å². The molecule has 1 unspecified atom stereocenters. The van der Waals surface area contributed by atoms with Gasteiger partial charge in [-0.05, 0) is 30.0 Å². The second-order valence-electron chi connectivity index (χ2n) is 5.94. The fourth-order valence-electron chi connectivity index (χ4n) is 2.58. The van der Waals surface area contributed by atoms with Crippen molar-refractivity contribution < 1.29 is 14.5 Å². The first-order chi connectivity index (χ1) is 13.5. The van der Waals surface area contributed by atoms with Crippen molar-refractivity contribution in [3.05, 3.63) is 74.7 Å². The molecule has 2 heterocycles. The second-order valence-corrected chi connectivity index (χ2v) is 6.92. The van der Waals surface area contributed by atoms with Gasteiger partial charge in [0.2, 0.25) is 0 Å². The molecule has 2 aromatic heterocycles. The molecule has 0 fully saturated rings. The number of nitro benzene ring substituents is 1. The molecule has 2 amide bonds. The van der Waals surface area contributed by atoms with Gasteiger partial charge in [-0.25, -0.2) is 0 Å². The van der Waals surface area contributed by atoms with Crippen molar-refractivity contribution in [1.29, 1.82) is 0 Å². The van der Waals surface area contributed by atoms with E-state index in [1.165, 1.54) is 29.5 Å². The molecule has 10 heteroatoms. The Morgan fingerprint density at radius 1 is 1.29 bits per heavy atom. The van der Waals surface area contributed by atoms with E-state index >= 15 is 0 Å². The van der Waals surface area contributed by atoms with Crippen LogP contribution in [0.3, 0.4) is 0 Å². The number of hydrogen-bond donors (Lipinski definition) is 2. The van der Waals surface area contributed by atoms with E-state index < -0.39 is 16.7 Å². The molecule has 1 aromatic carbocycles. The average Bonchev–Trinajstić information content (AvgIpc) is 3.37. The van der Waals surface area contributed by atoms with Gasteiger partial charge in [0.1, 0.15) is 6.04 Å². The van der Waals surface area contributed by atoms with Crippen molar-refractivity contribution in [3.63, 3.8) is 0 Å². The van der Waals surface area contributed by atoms with Crippen molar-refractivity contribution >= 4 is 34.5 Å². The molecular formula is C18H17N5O4S. The summed E-state index contributed by atoms with van der Waals surface area (Å²) < 4.78 is 1.70. The maximum Gasteiger partial charge on any atom is 0.313 e. The van der Waals surface area contributed by atoms with Crippen LogP contribution in [0.25, 0.3) is 0 Å². The lowest BCUT2D eigenvalue weighted by Gasteiger charge is -2.17. The third-order valence-electron chi connectivity index (χ3n) is 4.06. The molecule has 2 N–H and O–H groups in total. The fourth-order valence-corrected chi connectivity index (χ4v) is 3.40. The first-order valence-corrected chi connectivity index (χ1v) is 9.20. The fraction of sp³-hybridized carbons (Fsp3) is 0.167. The van der Waals surface area contributed by atoms with Crippen LogP contribution < -0.4 is 10.6 Å². The number of rotatable bonds is 6. The third-order valence-corrected chi connectivity index (χ3v) is 5.03. The molecule has 0 aliphatic heterocycles. The Hall–Kier alpha value is -3.53. The molecule has 1 atom stereocenters. The van der Waals surface area contributed by atoms with Gasteiger partial charge in [-0.1, -0.05) is 12.1 Å². The Bertz CT molecular complexity index is 951. The Kier molecular flexibility index (Phi) is 5.80. The van der Waals surface area contributed by atoms with Crippen molar-refractivity contribution in [3.8, 4) is 0 Å². The van der Waals surface area contributed by atoms with Crippen molar-refractivity contribution in [2.45, 2.75) is 13.0 Å². The minimum Gasteiger partial charge on any atom is -0.345 e. The van der Waals surface area contributed by atoms with Gasteiger partial charge in [-0.15, -0.1) is 11.3 Å². The van der Waals surface area contributed by atoms with Crippen LogP contribution in [-0.2, 0) is 9.59 Å². The minimum atomic E-state index is -0.894. The smallest absolute Gasteiger partial charge is 0.313 e. The summed E-state index contributed by atoms with van der Waals surface area (Å²) in [7, 11) is 0. The lowest BCUT2D eigenvalue weighted by Crippen LogP contribution is -2.39. The number of aromatic nitrogens is 2. The van der Waals surface area contributed by atoms with E-state index in [4.69, 9.17) is 0 Å². The Morgan fingerprint density at radius 3 is 2.75 bits per heavy atom. The van der Waals surface area contributed by atoms with Crippen molar-refractivity contribution in [1.82, 2.24) is 15.1 Å². The van der Waals surface area contributed by atoms with E-state index in [-0.39, 0.29) is 24.0 Å².